The van der Waals surface area contributed by atoms with Gasteiger partial charge in [0, 0.05) is 21.9 Å². The first-order valence-electron chi connectivity index (χ1n) is 16.9. The number of hydrogen-bond acceptors (Lipinski definition) is 3. The summed E-state index contributed by atoms with van der Waals surface area (Å²) >= 11 is 0. The van der Waals surface area contributed by atoms with E-state index in [0.717, 1.165) is 56.2 Å². The fourth-order valence-corrected chi connectivity index (χ4v) is 7.39. The van der Waals surface area contributed by atoms with E-state index in [9.17, 15) is 0 Å². The second-order valence-corrected chi connectivity index (χ2v) is 12.7. The Balaban J connectivity index is 1.31. The zero-order chi connectivity index (χ0) is 33.0. The molecule has 0 saturated heterocycles. The molecule has 50 heavy (non-hydrogen) atoms. The number of hydrogen-bond donors (Lipinski definition) is 0. The first-order chi connectivity index (χ1) is 24.8. The summed E-state index contributed by atoms with van der Waals surface area (Å²) < 4.78 is 2.43. The van der Waals surface area contributed by atoms with Crippen molar-refractivity contribution in [1.82, 2.24) is 14.5 Å². The van der Waals surface area contributed by atoms with Gasteiger partial charge in [0.15, 0.2) is 0 Å². The Hall–Kier alpha value is -6.78. The van der Waals surface area contributed by atoms with Gasteiger partial charge in [-0.2, -0.15) is 0 Å². The predicted molar refractivity (Wildman–Crippen MR) is 206 cm³/mol. The minimum absolute atomic E-state index is 0.630. The topological polar surface area (TPSA) is 34.0 Å². The molecule has 0 saturated carbocycles. The van der Waals surface area contributed by atoms with Crippen LogP contribution in [0.15, 0.2) is 182 Å². The quantitative estimate of drug-likeness (QED) is 0.188. The van der Waals surface area contributed by atoms with Gasteiger partial charge in [-0.25, -0.2) is 9.97 Å². The van der Waals surface area contributed by atoms with Gasteiger partial charge in [0.1, 0.15) is 0 Å². The van der Waals surface area contributed by atoms with Crippen LogP contribution in [0.25, 0.3) is 72.3 Å². The maximum Gasteiger partial charge on any atom is 0.235 e. The van der Waals surface area contributed by atoms with E-state index >= 15 is 0 Å². The monoisotopic (exact) mass is 638 g/mol. The van der Waals surface area contributed by atoms with Gasteiger partial charge in [-0.3, -0.25) is 4.90 Å². The lowest BCUT2D eigenvalue weighted by molar-refractivity contribution is 1.05. The van der Waals surface area contributed by atoms with Crippen LogP contribution in [0.2, 0.25) is 0 Å². The van der Waals surface area contributed by atoms with Crippen molar-refractivity contribution in [2.75, 3.05) is 4.90 Å². The van der Waals surface area contributed by atoms with Crippen LogP contribution in [0, 0.1) is 0 Å². The van der Waals surface area contributed by atoms with Crippen molar-refractivity contribution in [3.8, 4) is 50.5 Å². The van der Waals surface area contributed by atoms with Crippen LogP contribution >= 0.6 is 0 Å². The van der Waals surface area contributed by atoms with Crippen LogP contribution in [0.4, 0.5) is 17.3 Å². The largest absolute Gasteiger partial charge is 0.305 e. The molecule has 1 aliphatic heterocycles. The molecule has 1 aliphatic rings. The standard InChI is InChI=1S/C46H30N4/c1-5-15-31(16-6-1)35-25-26-41-37(27-35)38-28-36(32-17-7-2-8-18-32)29-44-45(38)49(41)42-23-13-14-24-43(42)50(44)46-47-39(33-19-9-3-10-20-33)30-40(48-46)34-21-11-4-12-22-34/h1-30H. The minimum atomic E-state index is 0.630. The molecular formula is C46H30N4. The van der Waals surface area contributed by atoms with Gasteiger partial charge in [0.2, 0.25) is 5.95 Å². The van der Waals surface area contributed by atoms with Gasteiger partial charge < -0.3 is 4.57 Å². The molecule has 0 unspecified atom stereocenters. The summed E-state index contributed by atoms with van der Waals surface area (Å²) in [6, 6.07) is 64.3. The Bertz CT molecular complexity index is 2620. The van der Waals surface area contributed by atoms with E-state index in [1.54, 1.807) is 0 Å². The third-order valence-electron chi connectivity index (χ3n) is 9.71. The molecule has 2 aromatic heterocycles. The molecule has 0 fully saturated rings. The van der Waals surface area contributed by atoms with Gasteiger partial charge in [-0.05, 0) is 64.7 Å². The van der Waals surface area contributed by atoms with E-state index in [4.69, 9.17) is 9.97 Å². The molecule has 0 bridgehead atoms. The van der Waals surface area contributed by atoms with Crippen molar-refractivity contribution in [2.45, 2.75) is 0 Å². The van der Waals surface area contributed by atoms with E-state index in [1.807, 2.05) is 12.1 Å². The Morgan fingerprint density at radius 2 is 0.840 bits per heavy atom. The number of aromatic nitrogens is 3. The average molecular weight is 639 g/mol. The SMILES string of the molecule is c1ccc(-c2ccc3c(c2)c2cc(-c4ccccc4)cc4c2n3-c2ccccc2N4c2nc(-c3ccccc3)cc(-c3ccccc3)n2)cc1. The van der Waals surface area contributed by atoms with Crippen molar-refractivity contribution < 1.29 is 0 Å². The highest BCUT2D eigenvalue weighted by atomic mass is 15.3. The summed E-state index contributed by atoms with van der Waals surface area (Å²) in [6.45, 7) is 0. The molecule has 0 amide bonds. The van der Waals surface area contributed by atoms with Gasteiger partial charge in [-0.15, -0.1) is 0 Å². The normalized spacial score (nSPS) is 12.0. The van der Waals surface area contributed by atoms with E-state index in [2.05, 4.69) is 179 Å². The van der Waals surface area contributed by atoms with Crippen LogP contribution in [0.1, 0.15) is 0 Å². The lowest BCUT2D eigenvalue weighted by atomic mass is 9.98. The third kappa shape index (κ3) is 4.54. The van der Waals surface area contributed by atoms with E-state index in [0.29, 0.717) is 5.95 Å². The third-order valence-corrected chi connectivity index (χ3v) is 9.71. The molecule has 9 aromatic rings. The zero-order valence-corrected chi connectivity index (χ0v) is 27.1. The summed E-state index contributed by atoms with van der Waals surface area (Å²) in [4.78, 5) is 12.9. The fraction of sp³-hybridized carbons (Fsp3) is 0. The van der Waals surface area contributed by atoms with Crippen LogP contribution in [0.3, 0.4) is 0 Å². The Morgan fingerprint density at radius 3 is 1.44 bits per heavy atom. The summed E-state index contributed by atoms with van der Waals surface area (Å²) in [5.41, 5.74) is 14.0. The molecule has 0 aliphatic carbocycles. The number of rotatable bonds is 5. The maximum atomic E-state index is 5.33. The van der Waals surface area contributed by atoms with Crippen LogP contribution < -0.4 is 4.90 Å². The highest BCUT2D eigenvalue weighted by Gasteiger charge is 2.31. The summed E-state index contributed by atoms with van der Waals surface area (Å²) in [5, 5.41) is 2.40. The van der Waals surface area contributed by atoms with Crippen molar-refractivity contribution in [3.05, 3.63) is 182 Å². The number of nitrogens with zero attached hydrogens (tertiary/aromatic N) is 4. The predicted octanol–water partition coefficient (Wildman–Crippen LogP) is 12.0. The highest BCUT2D eigenvalue weighted by Crippen LogP contribution is 2.51. The Morgan fingerprint density at radius 1 is 0.340 bits per heavy atom. The van der Waals surface area contributed by atoms with E-state index in [-0.39, 0.29) is 0 Å². The smallest absolute Gasteiger partial charge is 0.235 e. The van der Waals surface area contributed by atoms with Gasteiger partial charge in [0.25, 0.3) is 0 Å². The second-order valence-electron chi connectivity index (χ2n) is 12.7. The molecule has 3 heterocycles. The average Bonchev–Trinajstić information content (AvgIpc) is 3.53. The first-order valence-corrected chi connectivity index (χ1v) is 16.9. The lowest BCUT2D eigenvalue weighted by Gasteiger charge is -2.32. The first kappa shape index (κ1) is 28.3. The zero-order valence-electron chi connectivity index (χ0n) is 27.1. The van der Waals surface area contributed by atoms with Gasteiger partial charge in [0.05, 0.1) is 39.5 Å². The summed E-state index contributed by atoms with van der Waals surface area (Å²) in [6.07, 6.45) is 0. The maximum absolute atomic E-state index is 5.33. The van der Waals surface area contributed by atoms with Crippen molar-refractivity contribution in [2.24, 2.45) is 0 Å². The Labute approximate surface area is 290 Å². The molecular weight excluding hydrogens is 609 g/mol. The van der Waals surface area contributed by atoms with Gasteiger partial charge in [-0.1, -0.05) is 140 Å². The number of fused-ring (bicyclic) bond motifs is 5. The number of anilines is 3. The van der Waals surface area contributed by atoms with Crippen LogP contribution in [-0.4, -0.2) is 14.5 Å². The molecule has 10 rings (SSSR count). The molecule has 0 N–H and O–H groups in total. The van der Waals surface area contributed by atoms with E-state index in [1.165, 1.54) is 27.4 Å². The fourth-order valence-electron chi connectivity index (χ4n) is 7.39. The Kier molecular flexibility index (Phi) is 6.46. The molecule has 0 radical (unpaired) electrons. The second kappa shape index (κ2) is 11.4. The van der Waals surface area contributed by atoms with Crippen molar-refractivity contribution in [1.29, 1.82) is 0 Å². The summed E-state index contributed by atoms with van der Waals surface area (Å²) in [5.74, 6) is 0.630. The molecule has 4 heteroatoms. The number of benzene rings is 7. The van der Waals surface area contributed by atoms with Crippen LogP contribution in [0.5, 0.6) is 0 Å². The van der Waals surface area contributed by atoms with Crippen LogP contribution in [-0.2, 0) is 0 Å². The number of para-hydroxylation sites is 2. The molecule has 4 nitrogen and oxygen atoms in total. The molecule has 7 aromatic carbocycles. The summed E-state index contributed by atoms with van der Waals surface area (Å²) in [7, 11) is 0. The van der Waals surface area contributed by atoms with Crippen molar-refractivity contribution >= 4 is 39.1 Å². The van der Waals surface area contributed by atoms with E-state index < -0.39 is 0 Å². The molecule has 0 atom stereocenters. The van der Waals surface area contributed by atoms with Gasteiger partial charge >= 0.3 is 0 Å². The molecule has 234 valence electrons. The molecule has 0 spiro atoms. The van der Waals surface area contributed by atoms with Crippen molar-refractivity contribution in [3.63, 3.8) is 0 Å². The minimum Gasteiger partial charge on any atom is -0.305 e. The highest BCUT2D eigenvalue weighted by molar-refractivity contribution is 6.18. The lowest BCUT2D eigenvalue weighted by Crippen LogP contribution is -2.20.